The van der Waals surface area contributed by atoms with Crippen LogP contribution in [0.15, 0.2) is 48.5 Å². The Labute approximate surface area is 169 Å². The van der Waals surface area contributed by atoms with Gasteiger partial charge in [0.05, 0.1) is 22.7 Å². The number of hydrogen-bond donors (Lipinski definition) is 0. The molecule has 29 heavy (non-hydrogen) atoms. The molecule has 0 N–H and O–H groups in total. The van der Waals surface area contributed by atoms with Crippen molar-refractivity contribution in [2.75, 3.05) is 13.1 Å². The van der Waals surface area contributed by atoms with Gasteiger partial charge < -0.3 is 9.64 Å². The highest BCUT2D eigenvalue weighted by Crippen LogP contribution is 2.75. The average molecular weight is 400 g/mol. The molecule has 2 aliphatic rings. The van der Waals surface area contributed by atoms with E-state index in [1.807, 2.05) is 36.4 Å². The Balaban J connectivity index is 1.51. The van der Waals surface area contributed by atoms with E-state index in [1.54, 1.807) is 32.9 Å². The Morgan fingerprint density at radius 2 is 1.72 bits per heavy atom. The van der Waals surface area contributed by atoms with Crippen molar-refractivity contribution in [1.82, 2.24) is 9.88 Å². The number of hydrogen-bond acceptors (Lipinski definition) is 3. The third-order valence-corrected chi connectivity index (χ3v) is 5.94. The molecule has 1 aromatic heterocycles. The zero-order chi connectivity index (χ0) is 20.9. The third kappa shape index (κ3) is 3.49. The number of amides is 1. The second-order valence-electron chi connectivity index (χ2n) is 8.99. The van der Waals surface area contributed by atoms with Crippen molar-refractivity contribution in [3.8, 4) is 11.3 Å². The van der Waals surface area contributed by atoms with Gasteiger partial charge in [0.25, 0.3) is 5.92 Å². The molecule has 2 aromatic rings. The number of carbonyl (C=O) groups is 1. The topological polar surface area (TPSA) is 42.4 Å². The van der Waals surface area contributed by atoms with Gasteiger partial charge in [-0.25, -0.2) is 13.6 Å². The summed E-state index contributed by atoms with van der Waals surface area (Å²) in [5, 5.41) is 0. The van der Waals surface area contributed by atoms with Crippen molar-refractivity contribution in [2.24, 2.45) is 5.41 Å². The van der Waals surface area contributed by atoms with Crippen molar-refractivity contribution >= 4 is 6.09 Å². The van der Waals surface area contributed by atoms with Crippen LogP contribution in [-0.2, 0) is 4.74 Å². The van der Waals surface area contributed by atoms with Crippen molar-refractivity contribution in [3.05, 3.63) is 54.2 Å². The van der Waals surface area contributed by atoms with E-state index in [-0.39, 0.29) is 25.9 Å². The van der Waals surface area contributed by atoms with E-state index in [0.29, 0.717) is 11.4 Å². The third-order valence-electron chi connectivity index (χ3n) is 5.94. The van der Waals surface area contributed by atoms with Gasteiger partial charge in [0.1, 0.15) is 5.60 Å². The number of rotatable bonds is 2. The van der Waals surface area contributed by atoms with E-state index in [4.69, 9.17) is 4.74 Å². The lowest BCUT2D eigenvalue weighted by atomic mass is 9.89. The van der Waals surface area contributed by atoms with Gasteiger partial charge >= 0.3 is 6.09 Å². The van der Waals surface area contributed by atoms with E-state index in [0.717, 1.165) is 5.56 Å². The lowest BCUT2D eigenvalue weighted by molar-refractivity contribution is 0.00115. The molecule has 154 valence electrons. The molecule has 6 heteroatoms. The first kappa shape index (κ1) is 19.8. The predicted molar refractivity (Wildman–Crippen MR) is 107 cm³/mol. The minimum atomic E-state index is -2.81. The molecule has 1 aliphatic carbocycles. The van der Waals surface area contributed by atoms with Crippen molar-refractivity contribution in [2.45, 2.75) is 51.1 Å². The number of carbonyl (C=O) groups excluding carboxylic acids is 1. The number of piperidine rings is 1. The standard InChI is InChI=1S/C23H26F2N2O2/c1-21(2,3)29-20(28)27-14-12-22(13-15-27)19(23(22,24)25)18-11-7-10-17(26-18)16-8-5-4-6-9-16/h4-11,19H,12-15H2,1-3H3. The molecular formula is C23H26F2N2O2. The number of alkyl halides is 2. The fourth-order valence-electron chi connectivity index (χ4n) is 4.40. The number of likely N-dealkylation sites (tertiary alicyclic amines) is 1. The number of ether oxygens (including phenoxy) is 1. The van der Waals surface area contributed by atoms with Crippen LogP contribution in [-0.4, -0.2) is 40.6 Å². The highest BCUT2D eigenvalue weighted by atomic mass is 19.3. The van der Waals surface area contributed by atoms with Gasteiger partial charge in [-0.1, -0.05) is 36.4 Å². The molecule has 1 aromatic carbocycles. The van der Waals surface area contributed by atoms with E-state index >= 15 is 0 Å². The van der Waals surface area contributed by atoms with E-state index in [9.17, 15) is 13.6 Å². The maximum Gasteiger partial charge on any atom is 0.410 e. The quantitative estimate of drug-likeness (QED) is 0.669. The Hall–Kier alpha value is -2.50. The number of benzene rings is 1. The van der Waals surface area contributed by atoms with Crippen LogP contribution in [0.5, 0.6) is 0 Å². The van der Waals surface area contributed by atoms with Crippen LogP contribution in [0.1, 0.15) is 45.2 Å². The fraction of sp³-hybridized carbons (Fsp3) is 0.478. The van der Waals surface area contributed by atoms with Crippen LogP contribution in [0.4, 0.5) is 13.6 Å². The van der Waals surface area contributed by atoms with E-state index in [2.05, 4.69) is 4.98 Å². The van der Waals surface area contributed by atoms with Crippen molar-refractivity contribution < 1.29 is 18.3 Å². The Morgan fingerprint density at radius 1 is 1.07 bits per heavy atom. The summed E-state index contributed by atoms with van der Waals surface area (Å²) >= 11 is 0. The smallest absolute Gasteiger partial charge is 0.410 e. The summed E-state index contributed by atoms with van der Waals surface area (Å²) in [4.78, 5) is 18.4. The minimum absolute atomic E-state index is 0.251. The molecule has 1 aliphatic heterocycles. The molecule has 4 rings (SSSR count). The highest BCUT2D eigenvalue weighted by Gasteiger charge is 2.81. The van der Waals surface area contributed by atoms with Gasteiger partial charge in [-0.3, -0.25) is 4.98 Å². The molecule has 1 unspecified atom stereocenters. The normalized spacial score (nSPS) is 22.4. The second-order valence-corrected chi connectivity index (χ2v) is 8.99. The van der Waals surface area contributed by atoms with E-state index in [1.165, 1.54) is 4.90 Å². The molecule has 1 spiro atoms. The highest BCUT2D eigenvalue weighted by molar-refractivity contribution is 5.68. The number of aromatic nitrogens is 1. The SMILES string of the molecule is CC(C)(C)OC(=O)N1CCC2(CC1)C(c1cccc(-c3ccccc3)n1)C2(F)F. The molecule has 0 radical (unpaired) electrons. The summed E-state index contributed by atoms with van der Waals surface area (Å²) in [6.45, 7) is 5.95. The molecule has 2 fully saturated rings. The average Bonchev–Trinajstić information content (AvgIpc) is 3.15. The zero-order valence-corrected chi connectivity index (χ0v) is 17.0. The van der Waals surface area contributed by atoms with Crippen LogP contribution >= 0.6 is 0 Å². The van der Waals surface area contributed by atoms with Crippen LogP contribution in [0, 0.1) is 5.41 Å². The summed E-state index contributed by atoms with van der Waals surface area (Å²) in [5.41, 5.74) is 0.328. The zero-order valence-electron chi connectivity index (χ0n) is 17.0. The molecule has 1 atom stereocenters. The molecule has 2 heterocycles. The maximum atomic E-state index is 15.0. The molecular weight excluding hydrogens is 374 g/mol. The minimum Gasteiger partial charge on any atom is -0.444 e. The summed E-state index contributed by atoms with van der Waals surface area (Å²) in [7, 11) is 0. The monoisotopic (exact) mass is 400 g/mol. The summed E-state index contributed by atoms with van der Waals surface area (Å²) in [6, 6.07) is 14.9. The summed E-state index contributed by atoms with van der Waals surface area (Å²) in [6.07, 6.45) is 0.0690. The maximum absolute atomic E-state index is 15.0. The fourth-order valence-corrected chi connectivity index (χ4v) is 4.40. The van der Waals surface area contributed by atoms with Crippen LogP contribution in [0.3, 0.4) is 0 Å². The second kappa shape index (κ2) is 6.78. The first-order valence-electron chi connectivity index (χ1n) is 10.0. The molecule has 1 amide bonds. The van der Waals surface area contributed by atoms with Crippen LogP contribution in [0.2, 0.25) is 0 Å². The van der Waals surface area contributed by atoms with Gasteiger partial charge in [0, 0.05) is 18.7 Å². The first-order chi connectivity index (χ1) is 13.6. The van der Waals surface area contributed by atoms with Crippen LogP contribution < -0.4 is 0 Å². The Bertz CT molecular complexity index is 901. The molecule has 1 saturated carbocycles. The molecule has 4 nitrogen and oxygen atoms in total. The van der Waals surface area contributed by atoms with Gasteiger partial charge in [0.2, 0.25) is 0 Å². The lowest BCUT2D eigenvalue weighted by Crippen LogP contribution is -2.43. The van der Waals surface area contributed by atoms with Gasteiger partial charge in [0.15, 0.2) is 0 Å². The van der Waals surface area contributed by atoms with Gasteiger partial charge in [-0.15, -0.1) is 0 Å². The number of halogens is 2. The Morgan fingerprint density at radius 3 is 2.34 bits per heavy atom. The van der Waals surface area contributed by atoms with Gasteiger partial charge in [-0.05, 0) is 45.7 Å². The van der Waals surface area contributed by atoms with Crippen molar-refractivity contribution in [3.63, 3.8) is 0 Å². The predicted octanol–water partition coefficient (Wildman–Crippen LogP) is 5.50. The molecule has 0 bridgehead atoms. The van der Waals surface area contributed by atoms with Crippen LogP contribution in [0.25, 0.3) is 11.3 Å². The van der Waals surface area contributed by atoms with Gasteiger partial charge in [-0.2, -0.15) is 0 Å². The lowest BCUT2D eigenvalue weighted by Gasteiger charge is -2.34. The van der Waals surface area contributed by atoms with Crippen molar-refractivity contribution in [1.29, 1.82) is 0 Å². The first-order valence-corrected chi connectivity index (χ1v) is 10.0. The Kier molecular flexibility index (Phi) is 4.63. The summed E-state index contributed by atoms with van der Waals surface area (Å²) in [5.74, 6) is -3.71. The number of nitrogens with zero attached hydrogens (tertiary/aromatic N) is 2. The summed E-state index contributed by atoms with van der Waals surface area (Å²) < 4.78 is 35.3. The van der Waals surface area contributed by atoms with E-state index < -0.39 is 28.9 Å². The molecule has 1 saturated heterocycles. The largest absolute Gasteiger partial charge is 0.444 e. The number of pyridine rings is 1.